The van der Waals surface area contributed by atoms with Crippen LogP contribution in [-0.4, -0.2) is 43.6 Å². The number of hydrogen-bond acceptors (Lipinski definition) is 2. The molecule has 1 aliphatic rings. The molecule has 0 aromatic heterocycles. The predicted molar refractivity (Wildman–Crippen MR) is 82.8 cm³/mol. The van der Waals surface area contributed by atoms with E-state index >= 15 is 0 Å². The standard InChI is InChI=1S/C16H22FN3O/c1-4-9-19-16(18-3)20-10-12(2)21-15(11-20)13-5-7-14(17)8-6-13/h4-8,12,15H,1,9-11H2,2-3H3,(H,18,19). The van der Waals surface area contributed by atoms with Crippen molar-refractivity contribution in [3.05, 3.63) is 48.3 Å². The molecule has 1 aromatic rings. The Morgan fingerprint density at radius 3 is 2.81 bits per heavy atom. The molecule has 0 aliphatic carbocycles. The summed E-state index contributed by atoms with van der Waals surface area (Å²) in [7, 11) is 1.76. The molecule has 1 aromatic carbocycles. The van der Waals surface area contributed by atoms with Crippen molar-refractivity contribution in [1.29, 1.82) is 0 Å². The number of aliphatic imine (C=N–C) groups is 1. The highest BCUT2D eigenvalue weighted by Gasteiger charge is 2.28. The Bertz CT molecular complexity index is 501. The topological polar surface area (TPSA) is 36.9 Å². The van der Waals surface area contributed by atoms with E-state index in [0.717, 1.165) is 18.1 Å². The van der Waals surface area contributed by atoms with E-state index in [1.165, 1.54) is 12.1 Å². The summed E-state index contributed by atoms with van der Waals surface area (Å²) in [5, 5.41) is 3.23. The van der Waals surface area contributed by atoms with Crippen molar-refractivity contribution < 1.29 is 9.13 Å². The maximum Gasteiger partial charge on any atom is 0.194 e. The quantitative estimate of drug-likeness (QED) is 0.528. The molecule has 114 valence electrons. The van der Waals surface area contributed by atoms with E-state index in [4.69, 9.17) is 4.74 Å². The summed E-state index contributed by atoms with van der Waals surface area (Å²) < 4.78 is 19.0. The van der Waals surface area contributed by atoms with Crippen LogP contribution in [0, 0.1) is 5.82 Å². The second-order valence-electron chi connectivity index (χ2n) is 5.11. The SMILES string of the molecule is C=CCNC(=NC)N1CC(C)OC(c2ccc(F)cc2)C1. The number of morpholine rings is 1. The predicted octanol–water partition coefficient (Wildman–Crippen LogP) is 2.35. The zero-order valence-electron chi connectivity index (χ0n) is 12.6. The molecule has 1 heterocycles. The molecule has 1 aliphatic heterocycles. The third kappa shape index (κ3) is 4.04. The van der Waals surface area contributed by atoms with Crippen LogP contribution in [0.25, 0.3) is 0 Å². The summed E-state index contributed by atoms with van der Waals surface area (Å²) in [6, 6.07) is 6.48. The lowest BCUT2D eigenvalue weighted by atomic mass is 10.1. The third-order valence-electron chi connectivity index (χ3n) is 3.42. The van der Waals surface area contributed by atoms with Crippen LogP contribution in [0.2, 0.25) is 0 Å². The van der Waals surface area contributed by atoms with Gasteiger partial charge in [-0.2, -0.15) is 0 Å². The van der Waals surface area contributed by atoms with E-state index in [0.29, 0.717) is 13.1 Å². The number of halogens is 1. The largest absolute Gasteiger partial charge is 0.367 e. The minimum Gasteiger partial charge on any atom is -0.367 e. The summed E-state index contributed by atoms with van der Waals surface area (Å²) in [4.78, 5) is 6.45. The van der Waals surface area contributed by atoms with Gasteiger partial charge >= 0.3 is 0 Å². The minimum atomic E-state index is -0.233. The first kappa shape index (κ1) is 15.5. The Hall–Kier alpha value is -1.88. The number of hydrogen-bond donors (Lipinski definition) is 1. The highest BCUT2D eigenvalue weighted by atomic mass is 19.1. The number of guanidine groups is 1. The molecule has 0 spiro atoms. The van der Waals surface area contributed by atoms with Crippen molar-refractivity contribution >= 4 is 5.96 Å². The van der Waals surface area contributed by atoms with Gasteiger partial charge in [0.15, 0.2) is 5.96 Å². The Balaban J connectivity index is 2.11. The van der Waals surface area contributed by atoms with Gasteiger partial charge in [-0.15, -0.1) is 6.58 Å². The van der Waals surface area contributed by atoms with Gasteiger partial charge in [-0.25, -0.2) is 4.39 Å². The number of rotatable bonds is 3. The van der Waals surface area contributed by atoms with E-state index in [9.17, 15) is 4.39 Å². The number of ether oxygens (including phenoxy) is 1. The fourth-order valence-electron chi connectivity index (χ4n) is 2.48. The summed E-state index contributed by atoms with van der Waals surface area (Å²) in [5.74, 6) is 0.597. The second kappa shape index (κ2) is 7.22. The van der Waals surface area contributed by atoms with Gasteiger partial charge in [0.2, 0.25) is 0 Å². The molecule has 0 bridgehead atoms. The van der Waals surface area contributed by atoms with Gasteiger partial charge in [0.05, 0.1) is 12.6 Å². The maximum absolute atomic E-state index is 13.0. The summed E-state index contributed by atoms with van der Waals surface area (Å²) in [6.07, 6.45) is 1.79. The van der Waals surface area contributed by atoms with Gasteiger partial charge < -0.3 is 15.0 Å². The monoisotopic (exact) mass is 291 g/mol. The zero-order chi connectivity index (χ0) is 15.2. The lowest BCUT2D eigenvalue weighted by molar-refractivity contribution is -0.0604. The van der Waals surface area contributed by atoms with Crippen molar-refractivity contribution in [3.8, 4) is 0 Å². The van der Waals surface area contributed by atoms with E-state index in [1.54, 1.807) is 25.3 Å². The molecule has 0 saturated carbocycles. The fourth-order valence-corrected chi connectivity index (χ4v) is 2.48. The van der Waals surface area contributed by atoms with Crippen LogP contribution in [0.1, 0.15) is 18.6 Å². The fraction of sp³-hybridized carbons (Fsp3) is 0.438. The van der Waals surface area contributed by atoms with Crippen LogP contribution in [0.4, 0.5) is 4.39 Å². The molecule has 5 heteroatoms. The molecule has 0 radical (unpaired) electrons. The number of benzene rings is 1. The van der Waals surface area contributed by atoms with Gasteiger partial charge in [-0.05, 0) is 24.6 Å². The average molecular weight is 291 g/mol. The van der Waals surface area contributed by atoms with E-state index in [2.05, 4.69) is 21.8 Å². The smallest absolute Gasteiger partial charge is 0.194 e. The van der Waals surface area contributed by atoms with Crippen molar-refractivity contribution in [2.45, 2.75) is 19.1 Å². The minimum absolute atomic E-state index is 0.0797. The van der Waals surface area contributed by atoms with Crippen LogP contribution < -0.4 is 5.32 Å². The highest BCUT2D eigenvalue weighted by molar-refractivity contribution is 5.80. The molecule has 0 amide bonds. The van der Waals surface area contributed by atoms with Crippen LogP contribution in [0.15, 0.2) is 41.9 Å². The van der Waals surface area contributed by atoms with Crippen molar-refractivity contribution in [2.75, 3.05) is 26.7 Å². The number of nitrogens with zero attached hydrogens (tertiary/aromatic N) is 2. The van der Waals surface area contributed by atoms with Gasteiger partial charge in [0.1, 0.15) is 11.9 Å². The average Bonchev–Trinajstić information content (AvgIpc) is 2.48. The number of nitrogens with one attached hydrogen (secondary N) is 1. The first-order valence-electron chi connectivity index (χ1n) is 7.11. The van der Waals surface area contributed by atoms with E-state index < -0.39 is 0 Å². The first-order valence-corrected chi connectivity index (χ1v) is 7.11. The molecule has 1 fully saturated rings. The Morgan fingerprint density at radius 1 is 1.48 bits per heavy atom. The molecule has 4 nitrogen and oxygen atoms in total. The molecule has 1 saturated heterocycles. The van der Waals surface area contributed by atoms with Gasteiger partial charge in [-0.1, -0.05) is 18.2 Å². The molecule has 1 N–H and O–H groups in total. The summed E-state index contributed by atoms with van der Waals surface area (Å²) >= 11 is 0. The van der Waals surface area contributed by atoms with Crippen molar-refractivity contribution in [2.24, 2.45) is 4.99 Å². The summed E-state index contributed by atoms with van der Waals surface area (Å²) in [5.41, 5.74) is 0.979. The van der Waals surface area contributed by atoms with Crippen molar-refractivity contribution in [3.63, 3.8) is 0 Å². The Morgan fingerprint density at radius 2 is 2.19 bits per heavy atom. The second-order valence-corrected chi connectivity index (χ2v) is 5.11. The van der Waals surface area contributed by atoms with E-state index in [-0.39, 0.29) is 18.0 Å². The van der Waals surface area contributed by atoms with Crippen LogP contribution in [0.5, 0.6) is 0 Å². The van der Waals surface area contributed by atoms with Gasteiger partial charge in [0, 0.05) is 20.1 Å². The third-order valence-corrected chi connectivity index (χ3v) is 3.42. The lowest BCUT2D eigenvalue weighted by Gasteiger charge is -2.38. The molecule has 2 unspecified atom stereocenters. The van der Waals surface area contributed by atoms with E-state index in [1.807, 2.05) is 6.92 Å². The zero-order valence-corrected chi connectivity index (χ0v) is 12.6. The first-order chi connectivity index (χ1) is 10.1. The van der Waals surface area contributed by atoms with Crippen LogP contribution in [-0.2, 0) is 4.74 Å². The van der Waals surface area contributed by atoms with Gasteiger partial charge in [-0.3, -0.25) is 4.99 Å². The summed E-state index contributed by atoms with van der Waals surface area (Å²) in [6.45, 7) is 7.86. The molecule has 21 heavy (non-hydrogen) atoms. The Kier molecular flexibility index (Phi) is 5.33. The van der Waals surface area contributed by atoms with Gasteiger partial charge in [0.25, 0.3) is 0 Å². The lowest BCUT2D eigenvalue weighted by Crippen LogP contribution is -2.50. The molecule has 2 rings (SSSR count). The van der Waals surface area contributed by atoms with Crippen LogP contribution in [0.3, 0.4) is 0 Å². The molecule has 2 atom stereocenters. The molecular weight excluding hydrogens is 269 g/mol. The molecular formula is C16H22FN3O. The Labute approximate surface area is 125 Å². The van der Waals surface area contributed by atoms with Crippen LogP contribution >= 0.6 is 0 Å². The normalized spacial score (nSPS) is 23.0. The maximum atomic E-state index is 13.0. The highest BCUT2D eigenvalue weighted by Crippen LogP contribution is 2.25. The van der Waals surface area contributed by atoms with Crippen molar-refractivity contribution in [1.82, 2.24) is 10.2 Å².